The molecule has 84 valence electrons. The summed E-state index contributed by atoms with van der Waals surface area (Å²) < 4.78 is 33.3. The molecule has 1 N–H and O–H groups in total. The van der Waals surface area contributed by atoms with E-state index in [4.69, 9.17) is 4.55 Å². The van der Waals surface area contributed by atoms with Crippen LogP contribution in [0.15, 0.2) is 0 Å². The van der Waals surface area contributed by atoms with Crippen molar-refractivity contribution in [2.45, 2.75) is 33.1 Å². The maximum atomic E-state index is 11.2. The highest BCUT2D eigenvalue weighted by Gasteiger charge is 2.18. The lowest BCUT2D eigenvalue weighted by atomic mass is 10.0. The number of esters is 1. The van der Waals surface area contributed by atoms with Gasteiger partial charge in [-0.05, 0) is 12.8 Å². The molecule has 14 heavy (non-hydrogen) atoms. The highest BCUT2D eigenvalue weighted by atomic mass is 32.2. The molecule has 0 rings (SSSR count). The predicted octanol–water partition coefficient (Wildman–Crippen LogP) is 1.20. The summed E-state index contributed by atoms with van der Waals surface area (Å²) in [5.41, 5.74) is 0. The summed E-state index contributed by atoms with van der Waals surface area (Å²) in [5, 5.41) is 0. The summed E-state index contributed by atoms with van der Waals surface area (Å²) in [6.45, 7) is 3.76. The van der Waals surface area contributed by atoms with Crippen molar-refractivity contribution in [1.29, 1.82) is 0 Å². The second-order valence-electron chi connectivity index (χ2n) is 3.06. The first kappa shape index (κ1) is 13.4. The zero-order valence-corrected chi connectivity index (χ0v) is 9.21. The maximum absolute atomic E-state index is 11.2. The Morgan fingerprint density at radius 3 is 2.36 bits per heavy atom. The number of hydrogen-bond acceptors (Lipinski definition) is 4. The smallest absolute Gasteiger partial charge is 0.310 e. The quantitative estimate of drug-likeness (QED) is 0.541. The maximum Gasteiger partial charge on any atom is 0.310 e. The summed E-state index contributed by atoms with van der Waals surface area (Å²) >= 11 is 0. The van der Waals surface area contributed by atoms with E-state index in [-0.39, 0.29) is 5.92 Å². The molecule has 0 aromatic carbocycles. The van der Waals surface area contributed by atoms with E-state index in [1.165, 1.54) is 0 Å². The van der Waals surface area contributed by atoms with Crippen LogP contribution in [0, 0.1) is 5.92 Å². The van der Waals surface area contributed by atoms with Crippen molar-refractivity contribution < 1.29 is 22.5 Å². The van der Waals surface area contributed by atoms with Gasteiger partial charge < -0.3 is 4.74 Å². The largest absolute Gasteiger partial charge is 0.446 e. The molecular weight excluding hydrogens is 208 g/mol. The molecule has 0 heterocycles. The van der Waals surface area contributed by atoms with Crippen molar-refractivity contribution in [3.05, 3.63) is 0 Å². The molecule has 0 fully saturated rings. The molecule has 0 aliphatic carbocycles. The zero-order valence-electron chi connectivity index (χ0n) is 8.39. The number of hydrogen-bond donors (Lipinski definition) is 1. The number of rotatable bonds is 6. The van der Waals surface area contributed by atoms with Gasteiger partial charge in [-0.15, -0.1) is 0 Å². The van der Waals surface area contributed by atoms with Crippen LogP contribution in [0.5, 0.6) is 0 Å². The van der Waals surface area contributed by atoms with Crippen LogP contribution >= 0.6 is 0 Å². The molecular formula is C8H16O5S. The Balaban J connectivity index is 4.05. The van der Waals surface area contributed by atoms with E-state index in [2.05, 4.69) is 4.74 Å². The van der Waals surface area contributed by atoms with E-state index in [0.717, 1.165) is 6.42 Å². The van der Waals surface area contributed by atoms with Gasteiger partial charge in [0, 0.05) is 0 Å². The summed E-state index contributed by atoms with van der Waals surface area (Å²) in [5.74, 6) is -1.79. The Hall–Kier alpha value is -0.620. The average molecular weight is 224 g/mol. The molecule has 0 spiro atoms. The van der Waals surface area contributed by atoms with Crippen LogP contribution in [-0.4, -0.2) is 24.9 Å². The van der Waals surface area contributed by atoms with E-state index in [0.29, 0.717) is 12.8 Å². The second kappa shape index (κ2) is 5.98. The van der Waals surface area contributed by atoms with Crippen molar-refractivity contribution >= 4 is 16.1 Å². The third kappa shape index (κ3) is 5.93. The van der Waals surface area contributed by atoms with Crippen molar-refractivity contribution in [2.75, 3.05) is 5.94 Å². The first-order valence-electron chi connectivity index (χ1n) is 4.52. The minimum absolute atomic E-state index is 0.276. The van der Waals surface area contributed by atoms with Crippen LogP contribution in [0.25, 0.3) is 0 Å². The first-order valence-corrected chi connectivity index (χ1v) is 6.13. The van der Waals surface area contributed by atoms with Gasteiger partial charge in [0.05, 0.1) is 5.92 Å². The van der Waals surface area contributed by atoms with Crippen molar-refractivity contribution in [1.82, 2.24) is 0 Å². The standard InChI is InChI=1S/C8H16O5S/c1-3-5-7(4-2)8(9)13-6-14(10,11)12/h7H,3-6H2,1-2H3,(H,10,11,12). The Labute approximate surface area is 84.2 Å². The van der Waals surface area contributed by atoms with Crippen LogP contribution in [-0.2, 0) is 19.6 Å². The van der Waals surface area contributed by atoms with Gasteiger partial charge in [0.15, 0.2) is 0 Å². The fourth-order valence-corrected chi connectivity index (χ4v) is 1.35. The third-order valence-electron chi connectivity index (χ3n) is 1.81. The van der Waals surface area contributed by atoms with Crippen molar-refractivity contribution in [2.24, 2.45) is 5.92 Å². The SMILES string of the molecule is CCCC(CC)C(=O)OCS(=O)(=O)O. The van der Waals surface area contributed by atoms with Gasteiger partial charge in [-0.3, -0.25) is 9.35 Å². The van der Waals surface area contributed by atoms with Crippen LogP contribution in [0.1, 0.15) is 33.1 Å². The highest BCUT2D eigenvalue weighted by Crippen LogP contribution is 2.12. The molecule has 1 atom stereocenters. The second-order valence-corrected chi connectivity index (χ2v) is 4.46. The van der Waals surface area contributed by atoms with Crippen LogP contribution in [0.3, 0.4) is 0 Å². The van der Waals surface area contributed by atoms with Crippen LogP contribution in [0.4, 0.5) is 0 Å². The Morgan fingerprint density at radius 1 is 1.43 bits per heavy atom. The summed E-state index contributed by atoms with van der Waals surface area (Å²) in [7, 11) is -4.22. The molecule has 5 nitrogen and oxygen atoms in total. The van der Waals surface area contributed by atoms with Gasteiger partial charge in [-0.2, -0.15) is 8.42 Å². The van der Waals surface area contributed by atoms with Gasteiger partial charge in [0.25, 0.3) is 0 Å². The lowest BCUT2D eigenvalue weighted by molar-refractivity contribution is -0.147. The third-order valence-corrected chi connectivity index (χ3v) is 2.23. The number of ether oxygens (including phenoxy) is 1. The molecule has 0 aliphatic heterocycles. The lowest BCUT2D eigenvalue weighted by Gasteiger charge is -2.11. The fourth-order valence-electron chi connectivity index (χ4n) is 1.09. The van der Waals surface area contributed by atoms with Gasteiger partial charge in [0.2, 0.25) is 5.94 Å². The molecule has 0 bridgehead atoms. The van der Waals surface area contributed by atoms with E-state index >= 15 is 0 Å². The monoisotopic (exact) mass is 224 g/mol. The van der Waals surface area contributed by atoms with Gasteiger partial charge in [-0.1, -0.05) is 20.3 Å². The molecule has 0 amide bonds. The number of carbonyl (C=O) groups is 1. The summed E-state index contributed by atoms with van der Waals surface area (Å²) in [6, 6.07) is 0. The Kier molecular flexibility index (Phi) is 5.71. The van der Waals surface area contributed by atoms with Gasteiger partial charge in [0.1, 0.15) is 0 Å². The van der Waals surface area contributed by atoms with E-state index in [9.17, 15) is 13.2 Å². The minimum atomic E-state index is -4.22. The normalized spacial score (nSPS) is 13.6. The van der Waals surface area contributed by atoms with Crippen LogP contribution < -0.4 is 0 Å². The first-order chi connectivity index (χ1) is 6.40. The Bertz CT molecular complexity index is 269. The van der Waals surface area contributed by atoms with E-state index in [1.54, 1.807) is 0 Å². The minimum Gasteiger partial charge on any atom is -0.446 e. The summed E-state index contributed by atoms with van der Waals surface area (Å²) in [4.78, 5) is 11.2. The molecule has 0 saturated heterocycles. The molecule has 6 heteroatoms. The zero-order chi connectivity index (χ0) is 11.2. The molecule has 0 saturated carbocycles. The van der Waals surface area contributed by atoms with E-state index in [1.807, 2.05) is 13.8 Å². The molecule has 0 aromatic heterocycles. The summed E-state index contributed by atoms with van der Waals surface area (Å²) in [6.07, 6.45) is 2.11. The van der Waals surface area contributed by atoms with Crippen molar-refractivity contribution in [3.63, 3.8) is 0 Å². The predicted molar refractivity (Wildman–Crippen MR) is 51.2 cm³/mol. The fraction of sp³-hybridized carbons (Fsp3) is 0.875. The van der Waals surface area contributed by atoms with Crippen molar-refractivity contribution in [3.8, 4) is 0 Å². The van der Waals surface area contributed by atoms with Gasteiger partial charge in [-0.25, -0.2) is 0 Å². The van der Waals surface area contributed by atoms with E-state index < -0.39 is 22.0 Å². The molecule has 1 unspecified atom stereocenters. The van der Waals surface area contributed by atoms with Crippen LogP contribution in [0.2, 0.25) is 0 Å². The topological polar surface area (TPSA) is 80.7 Å². The molecule has 0 radical (unpaired) electrons. The Morgan fingerprint density at radius 2 is 2.00 bits per heavy atom. The highest BCUT2D eigenvalue weighted by molar-refractivity contribution is 7.85. The number of carbonyl (C=O) groups excluding carboxylic acids is 1. The average Bonchev–Trinajstić information content (AvgIpc) is 2.09. The van der Waals surface area contributed by atoms with Gasteiger partial charge >= 0.3 is 16.1 Å². The lowest BCUT2D eigenvalue weighted by Crippen LogP contribution is -2.20. The molecule has 0 aromatic rings. The molecule has 0 aliphatic rings.